The van der Waals surface area contributed by atoms with Gasteiger partial charge in [-0.25, -0.2) is 4.57 Å². The Kier molecular flexibility index (Phi) is 5.68. The van der Waals surface area contributed by atoms with E-state index in [9.17, 15) is 0 Å². The maximum Gasteiger partial charge on any atom is 0.296 e. The van der Waals surface area contributed by atoms with Crippen molar-refractivity contribution in [1.29, 1.82) is 0 Å². The normalized spacial score (nSPS) is 12.1. The Morgan fingerprint density at radius 2 is 1.65 bits per heavy atom. The lowest BCUT2D eigenvalue weighted by Gasteiger charge is -2.20. The van der Waals surface area contributed by atoms with E-state index in [0.29, 0.717) is 11.8 Å². The molecule has 0 saturated carbocycles. The number of para-hydroxylation sites is 1. The van der Waals surface area contributed by atoms with Crippen LogP contribution in [0.15, 0.2) is 67.0 Å². The second-order valence-corrected chi connectivity index (χ2v) is 11.9. The number of aromatic nitrogens is 3. The van der Waals surface area contributed by atoms with Crippen molar-refractivity contribution in [3.8, 4) is 17.1 Å². The summed E-state index contributed by atoms with van der Waals surface area (Å²) < 4.78 is 7.68. The molecule has 0 spiro atoms. The third-order valence-corrected chi connectivity index (χ3v) is 8.96. The SMILES string of the molecule is Cc1ccncc1-c1n(C)c2cccc(C)c2[n+]1-c1c(C(C)C)cc2c(sc3ccccc32)c1C(C)C. The Hall–Kier alpha value is -3.50. The van der Waals surface area contributed by atoms with Gasteiger partial charge in [-0.05, 0) is 55.5 Å². The standard InChI is InChI=1S/C33H34N3S/c1-19(2)24-17-25-23-12-8-9-14-28(23)37-32(25)29(20(3)4)31(24)36-30-22(6)11-10-13-27(30)35(7)33(36)26-18-34-16-15-21(26)5/h8-20H,1-7H3/q+1. The zero-order chi connectivity index (χ0) is 26.0. The molecule has 0 fully saturated rings. The van der Waals surface area contributed by atoms with E-state index in [1.165, 1.54) is 70.5 Å². The number of fused-ring (bicyclic) bond motifs is 4. The molecule has 186 valence electrons. The summed E-state index contributed by atoms with van der Waals surface area (Å²) >= 11 is 1.93. The van der Waals surface area contributed by atoms with E-state index in [4.69, 9.17) is 0 Å². The number of nitrogens with zero attached hydrogens (tertiary/aromatic N) is 3. The van der Waals surface area contributed by atoms with E-state index >= 15 is 0 Å². The Morgan fingerprint density at radius 3 is 2.38 bits per heavy atom. The molecule has 0 saturated heterocycles. The number of rotatable bonds is 4. The van der Waals surface area contributed by atoms with Crippen LogP contribution in [-0.2, 0) is 7.05 Å². The lowest BCUT2D eigenvalue weighted by molar-refractivity contribution is -0.557. The Labute approximate surface area is 223 Å². The molecule has 3 heterocycles. The highest BCUT2D eigenvalue weighted by Gasteiger charge is 2.33. The molecule has 4 heteroatoms. The third kappa shape index (κ3) is 3.53. The van der Waals surface area contributed by atoms with E-state index in [-0.39, 0.29) is 0 Å². The molecular weight excluding hydrogens is 470 g/mol. The van der Waals surface area contributed by atoms with E-state index in [1.807, 2.05) is 23.7 Å². The summed E-state index contributed by atoms with van der Waals surface area (Å²) in [4.78, 5) is 4.56. The Bertz CT molecular complexity index is 1820. The van der Waals surface area contributed by atoms with Crippen LogP contribution in [0.1, 0.15) is 61.8 Å². The molecule has 0 N–H and O–H groups in total. The predicted octanol–water partition coefficient (Wildman–Crippen LogP) is 8.75. The van der Waals surface area contributed by atoms with Gasteiger partial charge in [-0.1, -0.05) is 58.0 Å². The maximum absolute atomic E-state index is 4.56. The van der Waals surface area contributed by atoms with Crippen LogP contribution in [0.3, 0.4) is 0 Å². The van der Waals surface area contributed by atoms with Crippen LogP contribution in [0.5, 0.6) is 0 Å². The minimum atomic E-state index is 0.360. The molecular formula is C33H34N3S+. The molecule has 0 unspecified atom stereocenters. The summed E-state index contributed by atoms with van der Waals surface area (Å²) in [5, 5.41) is 2.74. The van der Waals surface area contributed by atoms with Gasteiger partial charge in [-0.15, -0.1) is 11.3 Å². The molecule has 3 aromatic heterocycles. The molecule has 0 aliphatic carbocycles. The highest BCUT2D eigenvalue weighted by atomic mass is 32.1. The lowest BCUT2D eigenvalue weighted by Crippen LogP contribution is -2.37. The molecule has 0 radical (unpaired) electrons. The van der Waals surface area contributed by atoms with Crippen LogP contribution in [0, 0.1) is 13.8 Å². The van der Waals surface area contributed by atoms with Gasteiger partial charge in [0.15, 0.2) is 11.0 Å². The number of imidazole rings is 1. The van der Waals surface area contributed by atoms with Crippen molar-refractivity contribution in [2.24, 2.45) is 7.05 Å². The summed E-state index contributed by atoms with van der Waals surface area (Å²) in [6.07, 6.45) is 3.91. The van der Waals surface area contributed by atoms with Crippen LogP contribution in [-0.4, -0.2) is 9.55 Å². The third-order valence-electron chi connectivity index (χ3n) is 7.74. The fourth-order valence-corrected chi connectivity index (χ4v) is 7.29. The summed E-state index contributed by atoms with van der Waals surface area (Å²) in [6.45, 7) is 13.8. The fraction of sp³-hybridized carbons (Fsp3) is 0.273. The Morgan fingerprint density at radius 1 is 0.865 bits per heavy atom. The van der Waals surface area contributed by atoms with E-state index in [2.05, 4.69) is 117 Å². The first-order valence-electron chi connectivity index (χ1n) is 13.2. The van der Waals surface area contributed by atoms with E-state index < -0.39 is 0 Å². The van der Waals surface area contributed by atoms with Gasteiger partial charge in [0.1, 0.15) is 5.69 Å². The first kappa shape index (κ1) is 23.9. The van der Waals surface area contributed by atoms with Crippen molar-refractivity contribution in [2.45, 2.75) is 53.4 Å². The van der Waals surface area contributed by atoms with Crippen LogP contribution < -0.4 is 4.57 Å². The van der Waals surface area contributed by atoms with Gasteiger partial charge in [0.25, 0.3) is 5.82 Å². The molecule has 6 rings (SSSR count). The van der Waals surface area contributed by atoms with Crippen molar-refractivity contribution in [1.82, 2.24) is 9.55 Å². The number of benzene rings is 3. The number of aryl methyl sites for hydroxylation is 3. The van der Waals surface area contributed by atoms with Gasteiger partial charge in [0.2, 0.25) is 0 Å². The van der Waals surface area contributed by atoms with Crippen LogP contribution in [0.4, 0.5) is 0 Å². The minimum Gasteiger partial charge on any atom is -0.264 e. The minimum absolute atomic E-state index is 0.360. The smallest absolute Gasteiger partial charge is 0.264 e. The topological polar surface area (TPSA) is 21.7 Å². The maximum atomic E-state index is 4.56. The average Bonchev–Trinajstić information content (AvgIpc) is 3.38. The summed E-state index contributed by atoms with van der Waals surface area (Å²) in [5.41, 5.74) is 10.3. The molecule has 0 amide bonds. The molecule has 0 atom stereocenters. The highest BCUT2D eigenvalue weighted by Crippen LogP contribution is 2.44. The summed E-state index contributed by atoms with van der Waals surface area (Å²) in [5.74, 6) is 1.91. The second-order valence-electron chi connectivity index (χ2n) is 10.9. The number of pyridine rings is 1. The lowest BCUT2D eigenvalue weighted by atomic mass is 9.89. The molecule has 3 aromatic carbocycles. The van der Waals surface area contributed by atoms with Gasteiger partial charge in [-0.3, -0.25) is 4.98 Å². The van der Waals surface area contributed by atoms with Crippen LogP contribution >= 0.6 is 11.3 Å². The molecule has 6 aromatic rings. The number of hydrogen-bond donors (Lipinski definition) is 0. The van der Waals surface area contributed by atoms with Gasteiger partial charge in [0, 0.05) is 49.3 Å². The van der Waals surface area contributed by atoms with Crippen LogP contribution in [0.2, 0.25) is 0 Å². The van der Waals surface area contributed by atoms with Crippen molar-refractivity contribution >= 4 is 42.5 Å². The van der Waals surface area contributed by atoms with Crippen molar-refractivity contribution in [3.63, 3.8) is 0 Å². The van der Waals surface area contributed by atoms with Crippen molar-refractivity contribution in [2.75, 3.05) is 0 Å². The average molecular weight is 505 g/mol. The second kappa shape index (κ2) is 8.81. The monoisotopic (exact) mass is 504 g/mol. The summed E-state index contributed by atoms with van der Waals surface area (Å²) in [6, 6.07) is 20.1. The zero-order valence-corrected chi connectivity index (χ0v) is 23.6. The quantitative estimate of drug-likeness (QED) is 0.220. The number of hydrogen-bond acceptors (Lipinski definition) is 2. The molecule has 3 nitrogen and oxygen atoms in total. The van der Waals surface area contributed by atoms with Gasteiger partial charge in [-0.2, -0.15) is 4.57 Å². The van der Waals surface area contributed by atoms with Crippen molar-refractivity contribution < 1.29 is 4.57 Å². The first-order chi connectivity index (χ1) is 17.8. The largest absolute Gasteiger partial charge is 0.296 e. The van der Waals surface area contributed by atoms with E-state index in [0.717, 1.165) is 0 Å². The van der Waals surface area contributed by atoms with Gasteiger partial charge < -0.3 is 0 Å². The van der Waals surface area contributed by atoms with Gasteiger partial charge >= 0.3 is 0 Å². The first-order valence-corrected chi connectivity index (χ1v) is 14.0. The van der Waals surface area contributed by atoms with Gasteiger partial charge in [0.05, 0.1) is 12.6 Å². The highest BCUT2D eigenvalue weighted by molar-refractivity contribution is 7.26. The molecule has 0 aliphatic heterocycles. The predicted molar refractivity (Wildman–Crippen MR) is 158 cm³/mol. The van der Waals surface area contributed by atoms with Crippen LogP contribution in [0.25, 0.3) is 48.3 Å². The molecule has 0 aliphatic rings. The molecule has 37 heavy (non-hydrogen) atoms. The zero-order valence-electron chi connectivity index (χ0n) is 22.8. The van der Waals surface area contributed by atoms with E-state index in [1.54, 1.807) is 0 Å². The Balaban J connectivity index is 1.89. The molecule has 0 bridgehead atoms. The number of thiophene rings is 1. The fourth-order valence-electron chi connectivity index (χ4n) is 5.91. The summed E-state index contributed by atoms with van der Waals surface area (Å²) in [7, 11) is 2.20. The van der Waals surface area contributed by atoms with Crippen molar-refractivity contribution in [3.05, 3.63) is 89.2 Å².